The molecule has 0 aromatic carbocycles. The van der Waals surface area contributed by atoms with E-state index in [0.29, 0.717) is 26.1 Å². The first kappa shape index (κ1) is 11.1. The molecule has 0 spiro atoms. The normalized spacial score (nSPS) is 27.5. The third-order valence-electron chi connectivity index (χ3n) is 3.73. The molecule has 0 radical (unpaired) electrons. The summed E-state index contributed by atoms with van der Waals surface area (Å²) in [5, 5.41) is 10.3. The van der Waals surface area contributed by atoms with E-state index < -0.39 is 5.60 Å². The zero-order valence-corrected chi connectivity index (χ0v) is 9.21. The van der Waals surface area contributed by atoms with Gasteiger partial charge in [0.05, 0.1) is 0 Å². The van der Waals surface area contributed by atoms with Crippen molar-refractivity contribution in [2.75, 3.05) is 13.2 Å². The van der Waals surface area contributed by atoms with Crippen molar-refractivity contribution in [1.29, 1.82) is 0 Å². The van der Waals surface area contributed by atoms with Crippen LogP contribution >= 0.6 is 0 Å². The number of hydrogen-bond acceptors (Lipinski definition) is 3. The van der Waals surface area contributed by atoms with E-state index in [1.807, 2.05) is 0 Å². The van der Waals surface area contributed by atoms with Crippen molar-refractivity contribution in [3.63, 3.8) is 0 Å². The van der Waals surface area contributed by atoms with E-state index in [9.17, 15) is 9.90 Å². The van der Waals surface area contributed by atoms with Crippen LogP contribution < -0.4 is 0 Å². The summed E-state index contributed by atoms with van der Waals surface area (Å²) in [6.45, 7) is 1.35. The summed E-state index contributed by atoms with van der Waals surface area (Å²) in [5.74, 6) is 0.132. The number of carbonyl (C=O) groups is 1. The maximum Gasteiger partial charge on any atom is 0.167 e. The van der Waals surface area contributed by atoms with Crippen LogP contribution in [0.1, 0.15) is 44.9 Å². The Labute approximate surface area is 90.8 Å². The van der Waals surface area contributed by atoms with Crippen molar-refractivity contribution in [1.82, 2.24) is 0 Å². The number of ether oxygens (including phenoxy) is 1. The minimum absolute atomic E-state index is 0.0434. The van der Waals surface area contributed by atoms with Crippen molar-refractivity contribution in [3.05, 3.63) is 0 Å². The van der Waals surface area contributed by atoms with Gasteiger partial charge in [-0.2, -0.15) is 0 Å². The van der Waals surface area contributed by atoms with Crippen molar-refractivity contribution in [2.24, 2.45) is 5.92 Å². The second kappa shape index (κ2) is 4.62. The first-order valence-electron chi connectivity index (χ1n) is 6.07. The topological polar surface area (TPSA) is 46.5 Å². The van der Waals surface area contributed by atoms with Gasteiger partial charge in [-0.1, -0.05) is 19.3 Å². The Hall–Kier alpha value is -0.410. The van der Waals surface area contributed by atoms with Crippen LogP contribution in [-0.4, -0.2) is 29.7 Å². The van der Waals surface area contributed by atoms with E-state index in [1.165, 1.54) is 0 Å². The molecule has 2 aliphatic rings. The number of aliphatic hydroxyl groups is 1. The lowest BCUT2D eigenvalue weighted by atomic mass is 9.76. The van der Waals surface area contributed by atoms with Gasteiger partial charge < -0.3 is 9.84 Å². The van der Waals surface area contributed by atoms with Crippen LogP contribution in [0.15, 0.2) is 0 Å². The molecule has 1 aliphatic carbocycles. The molecule has 0 bridgehead atoms. The second-order valence-corrected chi connectivity index (χ2v) is 4.84. The highest BCUT2D eigenvalue weighted by Gasteiger charge is 2.40. The summed E-state index contributed by atoms with van der Waals surface area (Å²) < 4.78 is 5.24. The molecule has 1 aliphatic heterocycles. The highest BCUT2D eigenvalue weighted by atomic mass is 16.5. The molecule has 3 heteroatoms. The Morgan fingerprint density at radius 2 is 1.73 bits per heavy atom. The molecule has 15 heavy (non-hydrogen) atoms. The lowest BCUT2D eigenvalue weighted by Crippen LogP contribution is -2.45. The fraction of sp³-hybridized carbons (Fsp3) is 0.917. The fourth-order valence-electron chi connectivity index (χ4n) is 2.72. The van der Waals surface area contributed by atoms with Crippen molar-refractivity contribution in [2.45, 2.75) is 50.5 Å². The summed E-state index contributed by atoms with van der Waals surface area (Å²) in [5.41, 5.74) is -1.000. The van der Waals surface area contributed by atoms with Crippen molar-refractivity contribution in [3.8, 4) is 0 Å². The van der Waals surface area contributed by atoms with Gasteiger partial charge in [-0.05, 0) is 25.7 Å². The van der Waals surface area contributed by atoms with Crippen LogP contribution in [0.2, 0.25) is 0 Å². The maximum absolute atomic E-state index is 12.2. The minimum atomic E-state index is -1.000. The molecule has 3 nitrogen and oxygen atoms in total. The molecule has 1 saturated heterocycles. The molecular formula is C12H20O3. The largest absolute Gasteiger partial charge is 0.382 e. The lowest BCUT2D eigenvalue weighted by molar-refractivity contribution is -0.147. The highest BCUT2D eigenvalue weighted by Crippen LogP contribution is 2.33. The Morgan fingerprint density at radius 1 is 1.13 bits per heavy atom. The van der Waals surface area contributed by atoms with E-state index in [0.717, 1.165) is 32.1 Å². The molecule has 0 amide bonds. The standard InChI is InChI=1S/C12H20O3/c13-11(10-4-8-15-9-5-10)12(14)6-2-1-3-7-12/h10,14H,1-9H2. The average molecular weight is 212 g/mol. The van der Waals surface area contributed by atoms with Crippen LogP contribution in [0.5, 0.6) is 0 Å². The van der Waals surface area contributed by atoms with Gasteiger partial charge in [0.25, 0.3) is 0 Å². The van der Waals surface area contributed by atoms with Gasteiger partial charge >= 0.3 is 0 Å². The smallest absolute Gasteiger partial charge is 0.167 e. The monoisotopic (exact) mass is 212 g/mol. The molecule has 1 N–H and O–H groups in total. The molecule has 0 aromatic rings. The van der Waals surface area contributed by atoms with E-state index in [1.54, 1.807) is 0 Å². The Bertz CT molecular complexity index is 225. The number of ketones is 1. The summed E-state index contributed by atoms with van der Waals surface area (Å²) in [7, 11) is 0. The van der Waals surface area contributed by atoms with Gasteiger partial charge in [0.1, 0.15) is 5.60 Å². The summed E-state index contributed by atoms with van der Waals surface area (Å²) >= 11 is 0. The predicted molar refractivity (Wildman–Crippen MR) is 56.6 cm³/mol. The Morgan fingerprint density at radius 3 is 2.33 bits per heavy atom. The number of rotatable bonds is 2. The quantitative estimate of drug-likeness (QED) is 0.757. The third kappa shape index (κ3) is 2.40. The van der Waals surface area contributed by atoms with Gasteiger partial charge in [0.2, 0.25) is 0 Å². The molecule has 0 aromatic heterocycles. The summed E-state index contributed by atoms with van der Waals surface area (Å²) in [4.78, 5) is 12.2. The van der Waals surface area contributed by atoms with Crippen molar-refractivity contribution >= 4 is 5.78 Å². The molecule has 0 atom stereocenters. The zero-order chi connectivity index (χ0) is 10.7. The predicted octanol–water partition coefficient (Wildman–Crippen LogP) is 1.68. The minimum Gasteiger partial charge on any atom is -0.382 e. The van der Waals surface area contributed by atoms with Gasteiger partial charge in [0, 0.05) is 19.1 Å². The summed E-state index contributed by atoms with van der Waals surface area (Å²) in [6, 6.07) is 0. The molecule has 2 rings (SSSR count). The van der Waals surface area contributed by atoms with Crippen LogP contribution in [0.25, 0.3) is 0 Å². The number of Topliss-reactive ketones (excluding diaryl/α,β-unsaturated/α-hetero) is 1. The first-order chi connectivity index (χ1) is 7.22. The first-order valence-corrected chi connectivity index (χ1v) is 6.07. The van der Waals surface area contributed by atoms with Gasteiger partial charge in [-0.25, -0.2) is 0 Å². The van der Waals surface area contributed by atoms with Gasteiger partial charge in [-0.3, -0.25) is 4.79 Å². The van der Waals surface area contributed by atoms with E-state index >= 15 is 0 Å². The van der Waals surface area contributed by atoms with E-state index in [2.05, 4.69) is 0 Å². The molecule has 1 saturated carbocycles. The van der Waals surface area contributed by atoms with E-state index in [4.69, 9.17) is 4.74 Å². The van der Waals surface area contributed by atoms with Crippen LogP contribution in [0.3, 0.4) is 0 Å². The Balaban J connectivity index is 1.98. The molecule has 1 heterocycles. The van der Waals surface area contributed by atoms with Crippen LogP contribution in [-0.2, 0) is 9.53 Å². The zero-order valence-electron chi connectivity index (χ0n) is 9.21. The third-order valence-corrected chi connectivity index (χ3v) is 3.73. The number of carbonyl (C=O) groups excluding carboxylic acids is 1. The second-order valence-electron chi connectivity index (χ2n) is 4.84. The van der Waals surface area contributed by atoms with Crippen LogP contribution in [0, 0.1) is 5.92 Å². The molecule has 2 fully saturated rings. The van der Waals surface area contributed by atoms with Gasteiger partial charge in [0.15, 0.2) is 5.78 Å². The van der Waals surface area contributed by atoms with Crippen LogP contribution in [0.4, 0.5) is 0 Å². The van der Waals surface area contributed by atoms with Crippen molar-refractivity contribution < 1.29 is 14.6 Å². The SMILES string of the molecule is O=C(C1CCOCC1)C1(O)CCCCC1. The highest BCUT2D eigenvalue weighted by molar-refractivity contribution is 5.89. The lowest BCUT2D eigenvalue weighted by Gasteiger charge is -2.34. The fourth-order valence-corrected chi connectivity index (χ4v) is 2.72. The Kier molecular flexibility index (Phi) is 3.42. The molecule has 0 unspecified atom stereocenters. The maximum atomic E-state index is 12.2. The summed E-state index contributed by atoms with van der Waals surface area (Å²) in [6.07, 6.45) is 6.06. The van der Waals surface area contributed by atoms with Gasteiger partial charge in [-0.15, -0.1) is 0 Å². The molecule has 86 valence electrons. The number of hydrogen-bond donors (Lipinski definition) is 1. The van der Waals surface area contributed by atoms with E-state index in [-0.39, 0.29) is 11.7 Å². The average Bonchev–Trinajstić information content (AvgIpc) is 2.30. The molecular weight excluding hydrogens is 192 g/mol.